The molecule has 0 aliphatic carbocycles. The maximum absolute atomic E-state index is 12.5. The van der Waals surface area contributed by atoms with E-state index in [1.807, 2.05) is 6.08 Å². The first kappa shape index (κ1) is 62.4. The number of carbonyl (C=O) groups is 1. The molecule has 2 unspecified atom stereocenters. The highest BCUT2D eigenvalue weighted by Gasteiger charge is 2.18. The molecule has 0 saturated heterocycles. The smallest absolute Gasteiger partial charge is 0.220 e. The van der Waals surface area contributed by atoms with Gasteiger partial charge in [0.1, 0.15) is 0 Å². The van der Waals surface area contributed by atoms with Crippen molar-refractivity contribution in [1.29, 1.82) is 0 Å². The van der Waals surface area contributed by atoms with Gasteiger partial charge in [0.25, 0.3) is 0 Å². The van der Waals surface area contributed by atoms with Gasteiger partial charge in [-0.1, -0.05) is 287 Å². The quantitative estimate of drug-likeness (QED) is 0.0421. The van der Waals surface area contributed by atoms with E-state index in [1.54, 1.807) is 6.08 Å². The molecule has 3 N–H and O–H groups in total. The molecule has 0 aromatic rings. The summed E-state index contributed by atoms with van der Waals surface area (Å²) in [5.41, 5.74) is 0. The highest BCUT2D eigenvalue weighted by Crippen LogP contribution is 2.17. The SMILES string of the molecule is CCCCCCCCCCC/C=C\C/C=C\CCCCCCCCCCCCCCCCCC(=O)NC(CO)C(O)/C=C/CC/C=C/CCCCCCCCCCCCCCCCC. The Hall–Kier alpha value is -1.65. The third-order valence-electron chi connectivity index (χ3n) is 13.3. The molecule has 0 aromatic carbocycles. The monoisotopic (exact) mass is 896 g/mol. The zero-order valence-electron chi connectivity index (χ0n) is 43.3. The third-order valence-corrected chi connectivity index (χ3v) is 13.3. The molecule has 0 fully saturated rings. The fourth-order valence-electron chi connectivity index (χ4n) is 8.87. The average molecular weight is 897 g/mol. The van der Waals surface area contributed by atoms with Crippen molar-refractivity contribution in [1.82, 2.24) is 5.32 Å². The fourth-order valence-corrected chi connectivity index (χ4v) is 8.87. The van der Waals surface area contributed by atoms with E-state index in [-0.39, 0.29) is 12.5 Å². The molecule has 0 aliphatic rings. The Bertz CT molecular complexity index is 1020. The predicted molar refractivity (Wildman–Crippen MR) is 285 cm³/mol. The summed E-state index contributed by atoms with van der Waals surface area (Å²) >= 11 is 0. The lowest BCUT2D eigenvalue weighted by molar-refractivity contribution is -0.123. The van der Waals surface area contributed by atoms with Crippen LogP contribution in [0, 0.1) is 0 Å². The van der Waals surface area contributed by atoms with Gasteiger partial charge in [0.05, 0.1) is 18.8 Å². The molecule has 1 amide bonds. The van der Waals surface area contributed by atoms with Crippen LogP contribution in [0.5, 0.6) is 0 Å². The first-order valence-electron chi connectivity index (χ1n) is 28.9. The highest BCUT2D eigenvalue weighted by atomic mass is 16.3. The maximum Gasteiger partial charge on any atom is 0.220 e. The van der Waals surface area contributed by atoms with Crippen LogP contribution in [-0.4, -0.2) is 34.9 Å². The van der Waals surface area contributed by atoms with Gasteiger partial charge in [-0.15, -0.1) is 0 Å². The molecule has 4 nitrogen and oxygen atoms in total. The molecule has 64 heavy (non-hydrogen) atoms. The Labute approximate surface area is 401 Å². The topological polar surface area (TPSA) is 69.6 Å². The molecule has 0 bridgehead atoms. The number of carbonyl (C=O) groups excluding carboxylic acids is 1. The number of hydrogen-bond acceptors (Lipinski definition) is 3. The van der Waals surface area contributed by atoms with E-state index in [0.29, 0.717) is 6.42 Å². The van der Waals surface area contributed by atoms with Crippen molar-refractivity contribution in [3.8, 4) is 0 Å². The number of aliphatic hydroxyl groups is 2. The van der Waals surface area contributed by atoms with Gasteiger partial charge in [-0.25, -0.2) is 0 Å². The Kier molecular flexibility index (Phi) is 54.2. The lowest BCUT2D eigenvalue weighted by atomic mass is 10.0. The summed E-state index contributed by atoms with van der Waals surface area (Å²) in [6, 6.07) is -0.640. The van der Waals surface area contributed by atoms with Crippen LogP contribution in [0.1, 0.15) is 309 Å². The van der Waals surface area contributed by atoms with Gasteiger partial charge < -0.3 is 15.5 Å². The Morgan fingerprint density at radius 2 is 0.656 bits per heavy atom. The van der Waals surface area contributed by atoms with E-state index in [0.717, 1.165) is 38.5 Å². The van der Waals surface area contributed by atoms with Crippen molar-refractivity contribution < 1.29 is 15.0 Å². The van der Waals surface area contributed by atoms with E-state index in [4.69, 9.17) is 0 Å². The molecular weight excluding hydrogens is 783 g/mol. The number of nitrogens with one attached hydrogen (secondary N) is 1. The fraction of sp³-hybridized carbons (Fsp3) is 0.850. The molecule has 0 aliphatic heterocycles. The van der Waals surface area contributed by atoms with E-state index in [1.165, 1.54) is 250 Å². The van der Waals surface area contributed by atoms with Crippen molar-refractivity contribution in [2.45, 2.75) is 321 Å². The lowest BCUT2D eigenvalue weighted by Gasteiger charge is -2.19. The summed E-state index contributed by atoms with van der Waals surface area (Å²) in [7, 11) is 0. The minimum Gasteiger partial charge on any atom is -0.394 e. The first-order valence-corrected chi connectivity index (χ1v) is 28.9. The molecule has 4 heteroatoms. The van der Waals surface area contributed by atoms with Gasteiger partial charge >= 0.3 is 0 Å². The number of amides is 1. The summed E-state index contributed by atoms with van der Waals surface area (Å²) in [6.45, 7) is 4.32. The van der Waals surface area contributed by atoms with Crippen molar-refractivity contribution in [2.75, 3.05) is 6.61 Å². The third kappa shape index (κ3) is 51.3. The number of hydrogen-bond donors (Lipinski definition) is 3. The standard InChI is InChI=1S/C60H113NO3/c1-3-5-7-9-11-13-15-17-19-21-23-25-26-27-28-29-30-31-32-33-34-36-38-40-42-44-46-48-50-52-54-56-60(64)61-58(57-62)59(63)55-53-51-49-47-45-43-41-39-37-35-24-22-20-18-16-14-12-10-8-6-4-2/h23,25,27-28,45,47,53,55,58-59,62-63H,3-22,24,26,29-44,46,48-52,54,56-57H2,1-2H3,(H,61,64)/b25-23-,28-27-,47-45+,55-53+. The predicted octanol–water partition coefficient (Wildman–Crippen LogP) is 19.0. The van der Waals surface area contributed by atoms with E-state index in [2.05, 4.69) is 55.6 Å². The molecule has 0 aromatic heterocycles. The summed E-state index contributed by atoms with van der Waals surface area (Å²) in [5, 5.41) is 23.1. The Morgan fingerprint density at radius 1 is 0.375 bits per heavy atom. The summed E-state index contributed by atoms with van der Waals surface area (Å²) in [6.07, 6.45) is 77.1. The number of rotatable bonds is 53. The zero-order chi connectivity index (χ0) is 46.3. The summed E-state index contributed by atoms with van der Waals surface area (Å²) in [5.74, 6) is -0.0707. The minimum absolute atomic E-state index is 0.0707. The second-order valence-electron chi connectivity index (χ2n) is 19.7. The molecule has 2 atom stereocenters. The summed E-state index contributed by atoms with van der Waals surface area (Å²) in [4.78, 5) is 12.5. The van der Waals surface area contributed by atoms with Crippen LogP contribution in [-0.2, 0) is 4.79 Å². The minimum atomic E-state index is -0.863. The summed E-state index contributed by atoms with van der Waals surface area (Å²) < 4.78 is 0. The lowest BCUT2D eigenvalue weighted by Crippen LogP contribution is -2.45. The largest absolute Gasteiger partial charge is 0.394 e. The van der Waals surface area contributed by atoms with Crippen LogP contribution in [0.2, 0.25) is 0 Å². The maximum atomic E-state index is 12.5. The van der Waals surface area contributed by atoms with E-state index >= 15 is 0 Å². The Morgan fingerprint density at radius 3 is 1.00 bits per heavy atom. The van der Waals surface area contributed by atoms with Gasteiger partial charge in [-0.3, -0.25) is 4.79 Å². The first-order chi connectivity index (χ1) is 31.7. The number of unbranched alkanes of at least 4 members (excludes halogenated alkanes) is 40. The van der Waals surface area contributed by atoms with Crippen molar-refractivity contribution in [2.24, 2.45) is 0 Å². The number of allylic oxidation sites excluding steroid dienone is 7. The Balaban J connectivity index is 3.51. The van der Waals surface area contributed by atoms with Crippen molar-refractivity contribution >= 4 is 5.91 Å². The van der Waals surface area contributed by atoms with Crippen LogP contribution >= 0.6 is 0 Å². The highest BCUT2D eigenvalue weighted by molar-refractivity contribution is 5.76. The van der Waals surface area contributed by atoms with Gasteiger partial charge in [0.15, 0.2) is 0 Å². The zero-order valence-corrected chi connectivity index (χ0v) is 43.3. The van der Waals surface area contributed by atoms with Gasteiger partial charge in [-0.05, 0) is 64.2 Å². The second-order valence-corrected chi connectivity index (χ2v) is 19.7. The number of aliphatic hydroxyl groups excluding tert-OH is 2. The molecule has 376 valence electrons. The second kappa shape index (κ2) is 55.7. The molecule has 0 radical (unpaired) electrons. The van der Waals surface area contributed by atoms with E-state index in [9.17, 15) is 15.0 Å². The van der Waals surface area contributed by atoms with Gasteiger partial charge in [0, 0.05) is 6.42 Å². The van der Waals surface area contributed by atoms with Gasteiger partial charge in [0.2, 0.25) is 5.91 Å². The molecule has 0 rings (SSSR count). The van der Waals surface area contributed by atoms with Crippen LogP contribution in [0.4, 0.5) is 0 Å². The molecular formula is C60H113NO3. The van der Waals surface area contributed by atoms with Crippen molar-refractivity contribution in [3.05, 3.63) is 48.6 Å². The molecule has 0 spiro atoms. The van der Waals surface area contributed by atoms with Crippen molar-refractivity contribution in [3.63, 3.8) is 0 Å². The molecule has 0 saturated carbocycles. The normalized spacial score (nSPS) is 13.1. The van der Waals surface area contributed by atoms with Crippen LogP contribution in [0.3, 0.4) is 0 Å². The van der Waals surface area contributed by atoms with Crippen LogP contribution in [0.25, 0.3) is 0 Å². The molecule has 0 heterocycles. The van der Waals surface area contributed by atoms with Crippen LogP contribution in [0.15, 0.2) is 48.6 Å². The van der Waals surface area contributed by atoms with E-state index < -0.39 is 12.1 Å². The van der Waals surface area contributed by atoms with Crippen LogP contribution < -0.4 is 5.32 Å². The van der Waals surface area contributed by atoms with Gasteiger partial charge in [-0.2, -0.15) is 0 Å². The average Bonchev–Trinajstić information content (AvgIpc) is 3.30.